The van der Waals surface area contributed by atoms with Crippen molar-refractivity contribution in [1.82, 2.24) is 15.2 Å². The molecule has 4 nitrogen and oxygen atoms in total. The minimum absolute atomic E-state index is 0.413. The molecule has 2 heterocycles. The molecule has 0 aromatic carbocycles. The number of hydrogen-bond acceptors (Lipinski definition) is 4. The lowest BCUT2D eigenvalue weighted by Gasteiger charge is -2.03. The molecule has 0 amide bonds. The highest BCUT2D eigenvalue weighted by Gasteiger charge is 2.04. The fourth-order valence-corrected chi connectivity index (χ4v) is 1.25. The first kappa shape index (κ1) is 8.62. The van der Waals surface area contributed by atoms with Gasteiger partial charge >= 0.3 is 0 Å². The molecule has 0 radical (unpaired) electrons. The average Bonchev–Trinajstić information content (AvgIpc) is 2.23. The van der Waals surface area contributed by atoms with Crippen LogP contribution in [0.1, 0.15) is 5.69 Å². The van der Waals surface area contributed by atoms with Gasteiger partial charge in [-0.05, 0) is 25.1 Å². The average molecular weight is 186 g/mol. The molecule has 2 N–H and O–H groups in total. The number of nitrogens with zero attached hydrogens (tertiary/aromatic N) is 3. The largest absolute Gasteiger partial charge is 0.382 e. The quantitative estimate of drug-likeness (QED) is 0.731. The van der Waals surface area contributed by atoms with Crippen LogP contribution < -0.4 is 5.73 Å². The number of nitrogen functional groups attached to an aromatic ring is 1. The Bertz CT molecular complexity index is 439. The maximum absolute atomic E-state index is 5.56. The van der Waals surface area contributed by atoms with Crippen LogP contribution in [0, 0.1) is 6.92 Å². The van der Waals surface area contributed by atoms with Crippen LogP contribution in [0.4, 0.5) is 5.82 Å². The van der Waals surface area contributed by atoms with E-state index in [0.717, 1.165) is 17.0 Å². The summed E-state index contributed by atoms with van der Waals surface area (Å²) < 4.78 is 0. The van der Waals surface area contributed by atoms with E-state index < -0.39 is 0 Å². The molecule has 4 heteroatoms. The van der Waals surface area contributed by atoms with Gasteiger partial charge in [0, 0.05) is 11.8 Å². The summed E-state index contributed by atoms with van der Waals surface area (Å²) in [4.78, 5) is 4.23. The fraction of sp³-hybridized carbons (Fsp3) is 0.100. The van der Waals surface area contributed by atoms with Crippen molar-refractivity contribution in [3.8, 4) is 11.3 Å². The second-order valence-electron chi connectivity index (χ2n) is 2.98. The van der Waals surface area contributed by atoms with E-state index in [4.69, 9.17) is 5.73 Å². The molecule has 0 aliphatic carbocycles. The van der Waals surface area contributed by atoms with E-state index in [1.165, 1.54) is 0 Å². The van der Waals surface area contributed by atoms with E-state index >= 15 is 0 Å². The Labute approximate surface area is 81.8 Å². The molecule has 0 atom stereocenters. The van der Waals surface area contributed by atoms with E-state index in [1.54, 1.807) is 12.3 Å². The first-order valence-electron chi connectivity index (χ1n) is 4.28. The highest BCUT2D eigenvalue weighted by molar-refractivity contribution is 5.63. The Morgan fingerprint density at radius 3 is 2.79 bits per heavy atom. The molecule has 0 aliphatic rings. The fourth-order valence-electron chi connectivity index (χ4n) is 1.25. The van der Waals surface area contributed by atoms with Gasteiger partial charge in [-0.25, -0.2) is 0 Å². The summed E-state index contributed by atoms with van der Waals surface area (Å²) >= 11 is 0. The molecule has 0 spiro atoms. The van der Waals surface area contributed by atoms with Crippen molar-refractivity contribution in [2.75, 3.05) is 5.73 Å². The summed E-state index contributed by atoms with van der Waals surface area (Å²) in [6, 6.07) is 7.50. The normalized spacial score (nSPS) is 10.1. The zero-order valence-electron chi connectivity index (χ0n) is 7.81. The van der Waals surface area contributed by atoms with Crippen molar-refractivity contribution < 1.29 is 0 Å². The third kappa shape index (κ3) is 1.54. The summed E-state index contributed by atoms with van der Waals surface area (Å²) in [5.41, 5.74) is 8.19. The molecule has 2 rings (SSSR count). The molecule has 2 aromatic rings. The maximum atomic E-state index is 5.56. The van der Waals surface area contributed by atoms with Gasteiger partial charge in [0.15, 0.2) is 0 Å². The van der Waals surface area contributed by atoms with E-state index in [0.29, 0.717) is 5.82 Å². The zero-order valence-corrected chi connectivity index (χ0v) is 7.81. The van der Waals surface area contributed by atoms with Gasteiger partial charge < -0.3 is 5.73 Å². The van der Waals surface area contributed by atoms with Gasteiger partial charge in [0.2, 0.25) is 0 Å². The number of pyridine rings is 1. The van der Waals surface area contributed by atoms with Gasteiger partial charge in [-0.1, -0.05) is 6.07 Å². The summed E-state index contributed by atoms with van der Waals surface area (Å²) in [6.45, 7) is 1.89. The zero-order chi connectivity index (χ0) is 9.97. The lowest BCUT2D eigenvalue weighted by atomic mass is 10.1. The summed E-state index contributed by atoms with van der Waals surface area (Å²) in [5, 5.41) is 7.70. The molecule has 0 fully saturated rings. The minimum atomic E-state index is 0.413. The van der Waals surface area contributed by atoms with Crippen molar-refractivity contribution in [2.45, 2.75) is 6.92 Å². The van der Waals surface area contributed by atoms with Crippen molar-refractivity contribution in [3.05, 3.63) is 36.2 Å². The standard InChI is InChI=1S/C10H10N4/c1-7-8(6-10(11)14-13-7)9-4-2-3-5-12-9/h2-6H,1H3,(H2,11,14). The number of aryl methyl sites for hydroxylation is 1. The highest BCUT2D eigenvalue weighted by Crippen LogP contribution is 2.19. The Kier molecular flexibility index (Phi) is 2.10. The Morgan fingerprint density at radius 1 is 1.21 bits per heavy atom. The van der Waals surface area contributed by atoms with Crippen LogP contribution in [0.5, 0.6) is 0 Å². The van der Waals surface area contributed by atoms with Crippen LogP contribution in [0.2, 0.25) is 0 Å². The first-order valence-corrected chi connectivity index (χ1v) is 4.28. The third-order valence-electron chi connectivity index (χ3n) is 1.94. The molecule has 0 bridgehead atoms. The summed E-state index contributed by atoms with van der Waals surface area (Å²) in [5.74, 6) is 0.413. The Balaban J connectivity index is 2.57. The van der Waals surface area contributed by atoms with Crippen molar-refractivity contribution in [3.63, 3.8) is 0 Å². The SMILES string of the molecule is Cc1nnc(N)cc1-c1ccccn1. The molecule has 0 saturated heterocycles. The summed E-state index contributed by atoms with van der Waals surface area (Å²) in [6.07, 6.45) is 1.74. The number of nitrogens with two attached hydrogens (primary N) is 1. The van der Waals surface area contributed by atoms with Crippen LogP contribution in [-0.4, -0.2) is 15.2 Å². The molecule has 0 saturated carbocycles. The van der Waals surface area contributed by atoms with Gasteiger partial charge in [0.1, 0.15) is 5.82 Å². The predicted octanol–water partition coefficient (Wildman–Crippen LogP) is 1.43. The van der Waals surface area contributed by atoms with Crippen LogP contribution in [-0.2, 0) is 0 Å². The van der Waals surface area contributed by atoms with Crippen LogP contribution in [0.25, 0.3) is 11.3 Å². The molecular formula is C10H10N4. The van der Waals surface area contributed by atoms with Crippen LogP contribution in [0.15, 0.2) is 30.5 Å². The third-order valence-corrected chi connectivity index (χ3v) is 1.94. The van der Waals surface area contributed by atoms with E-state index in [2.05, 4.69) is 15.2 Å². The lowest BCUT2D eigenvalue weighted by molar-refractivity contribution is 0.990. The Morgan fingerprint density at radius 2 is 2.07 bits per heavy atom. The molecule has 70 valence electrons. The van der Waals surface area contributed by atoms with E-state index in [-0.39, 0.29) is 0 Å². The smallest absolute Gasteiger partial charge is 0.146 e. The van der Waals surface area contributed by atoms with Crippen molar-refractivity contribution >= 4 is 5.82 Å². The van der Waals surface area contributed by atoms with Gasteiger partial charge in [-0.15, -0.1) is 5.10 Å². The monoisotopic (exact) mass is 186 g/mol. The molecule has 0 unspecified atom stereocenters. The van der Waals surface area contributed by atoms with E-state index in [1.807, 2.05) is 25.1 Å². The number of anilines is 1. The van der Waals surface area contributed by atoms with E-state index in [9.17, 15) is 0 Å². The topological polar surface area (TPSA) is 64.7 Å². The van der Waals surface area contributed by atoms with Gasteiger partial charge in [0.25, 0.3) is 0 Å². The van der Waals surface area contributed by atoms with Crippen molar-refractivity contribution in [1.29, 1.82) is 0 Å². The van der Waals surface area contributed by atoms with Gasteiger partial charge in [-0.2, -0.15) is 5.10 Å². The predicted molar refractivity (Wildman–Crippen MR) is 54.4 cm³/mol. The number of hydrogen-bond donors (Lipinski definition) is 1. The number of aromatic nitrogens is 3. The van der Waals surface area contributed by atoms with Gasteiger partial charge in [0.05, 0.1) is 11.4 Å². The second-order valence-corrected chi connectivity index (χ2v) is 2.98. The van der Waals surface area contributed by atoms with Crippen molar-refractivity contribution in [2.24, 2.45) is 0 Å². The second kappa shape index (κ2) is 3.41. The maximum Gasteiger partial charge on any atom is 0.146 e. The molecular weight excluding hydrogens is 176 g/mol. The highest BCUT2D eigenvalue weighted by atomic mass is 15.1. The Hall–Kier alpha value is -1.97. The molecule has 2 aromatic heterocycles. The lowest BCUT2D eigenvalue weighted by Crippen LogP contribution is -1.97. The number of rotatable bonds is 1. The van der Waals surface area contributed by atoms with Crippen LogP contribution in [0.3, 0.4) is 0 Å². The first-order chi connectivity index (χ1) is 6.77. The molecule has 14 heavy (non-hydrogen) atoms. The molecule has 0 aliphatic heterocycles. The van der Waals surface area contributed by atoms with Crippen LogP contribution >= 0.6 is 0 Å². The minimum Gasteiger partial charge on any atom is -0.382 e. The van der Waals surface area contributed by atoms with Gasteiger partial charge in [-0.3, -0.25) is 4.98 Å². The summed E-state index contributed by atoms with van der Waals surface area (Å²) in [7, 11) is 0.